The van der Waals surface area contributed by atoms with Crippen LogP contribution in [0.1, 0.15) is 24.9 Å². The van der Waals surface area contributed by atoms with Crippen molar-refractivity contribution in [2.45, 2.75) is 19.4 Å². The highest BCUT2D eigenvalue weighted by Gasteiger charge is 2.17. The second-order valence-electron chi connectivity index (χ2n) is 6.00. The summed E-state index contributed by atoms with van der Waals surface area (Å²) in [6.07, 6.45) is 0.0475. The molecule has 0 spiro atoms. The number of benzene rings is 2. The fourth-order valence-corrected chi connectivity index (χ4v) is 2.76. The molecule has 0 aliphatic heterocycles. The van der Waals surface area contributed by atoms with E-state index >= 15 is 0 Å². The molecule has 1 aromatic heterocycles. The Hall–Kier alpha value is -3.55. The van der Waals surface area contributed by atoms with Crippen molar-refractivity contribution in [3.05, 3.63) is 58.6 Å². The standard InChI is InChI=1S/C19H19N3O5/c1-11(23)20-15(12-3-6-14(26-2)7-4-12)10-18(24)21-13-5-8-17-16(9-13)22-19(25)27-17/h3-9,15H,10H2,1-2H3,(H,20,23)(H,21,24)(H,22,25). The van der Waals surface area contributed by atoms with Gasteiger partial charge in [0.15, 0.2) is 5.58 Å². The van der Waals surface area contributed by atoms with Gasteiger partial charge in [0.25, 0.3) is 0 Å². The Kier molecular flexibility index (Phi) is 5.25. The predicted molar refractivity (Wildman–Crippen MR) is 99.6 cm³/mol. The molecule has 1 unspecified atom stereocenters. The molecular weight excluding hydrogens is 350 g/mol. The smallest absolute Gasteiger partial charge is 0.417 e. The molecule has 3 aromatic rings. The van der Waals surface area contributed by atoms with E-state index in [1.807, 2.05) is 0 Å². The minimum Gasteiger partial charge on any atom is -0.497 e. The van der Waals surface area contributed by atoms with Crippen LogP contribution in [0.2, 0.25) is 0 Å². The van der Waals surface area contributed by atoms with Crippen molar-refractivity contribution in [2.24, 2.45) is 0 Å². The van der Waals surface area contributed by atoms with Gasteiger partial charge < -0.3 is 19.8 Å². The number of aromatic amines is 1. The van der Waals surface area contributed by atoms with Crippen LogP contribution in [-0.2, 0) is 9.59 Å². The third kappa shape index (κ3) is 4.55. The number of hydrogen-bond acceptors (Lipinski definition) is 5. The van der Waals surface area contributed by atoms with Gasteiger partial charge in [-0.1, -0.05) is 12.1 Å². The van der Waals surface area contributed by atoms with Gasteiger partial charge in [0, 0.05) is 12.6 Å². The Morgan fingerprint density at radius 3 is 2.59 bits per heavy atom. The summed E-state index contributed by atoms with van der Waals surface area (Å²) in [5, 5.41) is 5.54. The third-order valence-corrected chi connectivity index (χ3v) is 3.99. The van der Waals surface area contributed by atoms with Crippen molar-refractivity contribution in [1.29, 1.82) is 0 Å². The van der Waals surface area contributed by atoms with Gasteiger partial charge in [-0.3, -0.25) is 14.6 Å². The van der Waals surface area contributed by atoms with Crippen LogP contribution in [0.3, 0.4) is 0 Å². The van der Waals surface area contributed by atoms with Crippen LogP contribution < -0.4 is 21.1 Å². The first-order valence-electron chi connectivity index (χ1n) is 8.28. The maximum Gasteiger partial charge on any atom is 0.417 e. The molecule has 27 heavy (non-hydrogen) atoms. The van der Waals surface area contributed by atoms with E-state index in [4.69, 9.17) is 9.15 Å². The lowest BCUT2D eigenvalue weighted by molar-refractivity contribution is -0.120. The van der Waals surface area contributed by atoms with Gasteiger partial charge in [-0.15, -0.1) is 0 Å². The second kappa shape index (κ2) is 7.77. The fourth-order valence-electron chi connectivity index (χ4n) is 2.76. The van der Waals surface area contributed by atoms with Crippen LogP contribution in [0.15, 0.2) is 51.7 Å². The van der Waals surface area contributed by atoms with E-state index in [-0.39, 0.29) is 18.2 Å². The van der Waals surface area contributed by atoms with E-state index < -0.39 is 11.8 Å². The number of anilines is 1. The van der Waals surface area contributed by atoms with Gasteiger partial charge in [-0.2, -0.15) is 0 Å². The first kappa shape index (κ1) is 18.2. The minimum absolute atomic E-state index is 0.0475. The van der Waals surface area contributed by atoms with Crippen molar-refractivity contribution < 1.29 is 18.7 Å². The van der Waals surface area contributed by atoms with Crippen molar-refractivity contribution in [1.82, 2.24) is 10.3 Å². The zero-order chi connectivity index (χ0) is 19.4. The molecular formula is C19H19N3O5. The van der Waals surface area contributed by atoms with Crippen LogP contribution in [0.4, 0.5) is 5.69 Å². The predicted octanol–water partition coefficient (Wildman–Crippen LogP) is 2.34. The zero-order valence-corrected chi connectivity index (χ0v) is 14.9. The summed E-state index contributed by atoms with van der Waals surface area (Å²) in [5.41, 5.74) is 2.20. The largest absolute Gasteiger partial charge is 0.497 e. The van der Waals surface area contributed by atoms with E-state index in [9.17, 15) is 14.4 Å². The van der Waals surface area contributed by atoms with Gasteiger partial charge in [0.1, 0.15) is 5.75 Å². The Morgan fingerprint density at radius 1 is 1.19 bits per heavy atom. The number of ether oxygens (including phenoxy) is 1. The second-order valence-corrected chi connectivity index (χ2v) is 6.00. The van der Waals surface area contributed by atoms with Crippen molar-refractivity contribution in [3.63, 3.8) is 0 Å². The molecule has 3 rings (SSSR count). The number of amides is 2. The number of carbonyl (C=O) groups excluding carboxylic acids is 2. The van der Waals surface area contributed by atoms with E-state index in [1.165, 1.54) is 6.92 Å². The van der Waals surface area contributed by atoms with Gasteiger partial charge in [0.2, 0.25) is 11.8 Å². The lowest BCUT2D eigenvalue weighted by Crippen LogP contribution is -2.29. The summed E-state index contributed by atoms with van der Waals surface area (Å²) >= 11 is 0. The number of oxazole rings is 1. The molecule has 0 aliphatic carbocycles. The quantitative estimate of drug-likeness (QED) is 0.617. The van der Waals surface area contributed by atoms with Crippen LogP contribution >= 0.6 is 0 Å². The van der Waals surface area contributed by atoms with E-state index in [0.29, 0.717) is 22.5 Å². The average molecular weight is 369 g/mol. The van der Waals surface area contributed by atoms with Crippen LogP contribution in [0.5, 0.6) is 5.75 Å². The molecule has 0 fully saturated rings. The molecule has 0 saturated carbocycles. The van der Waals surface area contributed by atoms with E-state index in [1.54, 1.807) is 49.6 Å². The summed E-state index contributed by atoms with van der Waals surface area (Å²) in [7, 11) is 1.57. The number of nitrogens with one attached hydrogen (secondary N) is 3. The first-order chi connectivity index (χ1) is 12.9. The van der Waals surface area contributed by atoms with Crippen LogP contribution in [0, 0.1) is 0 Å². The third-order valence-electron chi connectivity index (χ3n) is 3.99. The number of carbonyl (C=O) groups is 2. The maximum absolute atomic E-state index is 12.5. The first-order valence-corrected chi connectivity index (χ1v) is 8.28. The topological polar surface area (TPSA) is 113 Å². The number of methoxy groups -OCH3 is 1. The molecule has 0 bridgehead atoms. The Balaban J connectivity index is 1.74. The molecule has 8 nitrogen and oxygen atoms in total. The average Bonchev–Trinajstić information content (AvgIpc) is 3.00. The van der Waals surface area contributed by atoms with Crippen molar-refractivity contribution >= 4 is 28.6 Å². The molecule has 3 N–H and O–H groups in total. The Bertz CT molecular complexity index is 1020. The van der Waals surface area contributed by atoms with Crippen LogP contribution in [0.25, 0.3) is 11.1 Å². The number of rotatable bonds is 6. The van der Waals surface area contributed by atoms with Gasteiger partial charge in [-0.05, 0) is 35.9 Å². The number of aromatic nitrogens is 1. The summed E-state index contributed by atoms with van der Waals surface area (Å²) in [4.78, 5) is 37.7. The molecule has 2 aromatic carbocycles. The zero-order valence-electron chi connectivity index (χ0n) is 14.9. The SMILES string of the molecule is COc1ccc(C(CC(=O)Nc2ccc3oc(=O)[nH]c3c2)NC(C)=O)cc1. The highest BCUT2D eigenvalue weighted by atomic mass is 16.5. The lowest BCUT2D eigenvalue weighted by Gasteiger charge is -2.18. The summed E-state index contributed by atoms with van der Waals surface area (Å²) in [6.45, 7) is 1.40. The fraction of sp³-hybridized carbons (Fsp3) is 0.211. The highest BCUT2D eigenvalue weighted by molar-refractivity contribution is 5.93. The molecule has 2 amide bonds. The van der Waals surface area contributed by atoms with Gasteiger partial charge in [0.05, 0.1) is 25.1 Å². The molecule has 0 radical (unpaired) electrons. The summed E-state index contributed by atoms with van der Waals surface area (Å²) in [5.74, 6) is -0.387. The summed E-state index contributed by atoms with van der Waals surface area (Å²) in [6, 6.07) is 11.5. The molecule has 140 valence electrons. The number of fused-ring (bicyclic) bond motifs is 1. The summed E-state index contributed by atoms with van der Waals surface area (Å²) < 4.78 is 10.1. The van der Waals surface area contributed by atoms with Gasteiger partial charge in [-0.25, -0.2) is 4.79 Å². The monoisotopic (exact) mass is 369 g/mol. The molecule has 1 heterocycles. The van der Waals surface area contributed by atoms with Crippen LogP contribution in [-0.4, -0.2) is 23.9 Å². The Morgan fingerprint density at radius 2 is 1.93 bits per heavy atom. The number of hydrogen-bond donors (Lipinski definition) is 3. The lowest BCUT2D eigenvalue weighted by atomic mass is 10.0. The molecule has 1 atom stereocenters. The molecule has 0 saturated heterocycles. The molecule has 0 aliphatic rings. The molecule has 8 heteroatoms. The normalized spacial score (nSPS) is 11.8. The van der Waals surface area contributed by atoms with E-state index in [0.717, 1.165) is 5.56 Å². The highest BCUT2D eigenvalue weighted by Crippen LogP contribution is 2.22. The maximum atomic E-state index is 12.5. The van der Waals surface area contributed by atoms with Crippen molar-refractivity contribution in [2.75, 3.05) is 12.4 Å². The Labute approximate surface area is 154 Å². The van der Waals surface area contributed by atoms with Crippen molar-refractivity contribution in [3.8, 4) is 5.75 Å². The van der Waals surface area contributed by atoms with Gasteiger partial charge >= 0.3 is 5.76 Å². The number of H-pyrrole nitrogens is 1. The minimum atomic E-state index is -0.557. The van der Waals surface area contributed by atoms with E-state index in [2.05, 4.69) is 15.6 Å².